The maximum atomic E-state index is 5.11. The molecule has 4 nitrogen and oxygen atoms in total. The Morgan fingerprint density at radius 3 is 3.00 bits per heavy atom. The summed E-state index contributed by atoms with van der Waals surface area (Å²) < 4.78 is 5.11. The number of allylic oxidation sites excluding steroid dienone is 1. The maximum Gasteiger partial charge on any atom is 0.218 e. The van der Waals surface area contributed by atoms with Gasteiger partial charge in [-0.2, -0.15) is 4.98 Å². The van der Waals surface area contributed by atoms with Crippen molar-refractivity contribution in [1.29, 1.82) is 0 Å². The SMILES string of the molecule is COc1cc(NCCC2=CCCC2)nc(C)n1. The minimum atomic E-state index is 0.611. The third kappa shape index (κ3) is 3.44. The number of methoxy groups -OCH3 is 1. The first-order valence-corrected chi connectivity index (χ1v) is 6.09. The standard InChI is InChI=1S/C13H19N3O/c1-10-15-12(9-13(16-10)17-2)14-8-7-11-5-3-4-6-11/h5,9H,3-4,6-8H2,1-2H3,(H,14,15,16). The van der Waals surface area contributed by atoms with Gasteiger partial charge in [-0.05, 0) is 32.6 Å². The highest BCUT2D eigenvalue weighted by atomic mass is 16.5. The third-order valence-corrected chi connectivity index (χ3v) is 2.91. The smallest absolute Gasteiger partial charge is 0.218 e. The monoisotopic (exact) mass is 233 g/mol. The van der Waals surface area contributed by atoms with E-state index in [0.29, 0.717) is 5.88 Å². The van der Waals surface area contributed by atoms with Gasteiger partial charge >= 0.3 is 0 Å². The topological polar surface area (TPSA) is 47.0 Å². The van der Waals surface area contributed by atoms with Gasteiger partial charge in [-0.1, -0.05) is 11.6 Å². The van der Waals surface area contributed by atoms with Crippen LogP contribution in [0.15, 0.2) is 17.7 Å². The molecule has 0 bridgehead atoms. The second kappa shape index (κ2) is 5.66. The quantitative estimate of drug-likeness (QED) is 0.794. The van der Waals surface area contributed by atoms with Gasteiger partial charge < -0.3 is 10.1 Å². The number of nitrogens with one attached hydrogen (secondary N) is 1. The summed E-state index contributed by atoms with van der Waals surface area (Å²) in [5.74, 6) is 2.18. The molecule has 0 amide bonds. The van der Waals surface area contributed by atoms with Gasteiger partial charge in [0.05, 0.1) is 7.11 Å². The Hall–Kier alpha value is -1.58. The van der Waals surface area contributed by atoms with Crippen LogP contribution in [0.1, 0.15) is 31.5 Å². The minimum absolute atomic E-state index is 0.611. The molecular weight excluding hydrogens is 214 g/mol. The fourth-order valence-electron chi connectivity index (χ4n) is 2.05. The van der Waals surface area contributed by atoms with Crippen LogP contribution in [0.5, 0.6) is 5.88 Å². The molecule has 17 heavy (non-hydrogen) atoms. The van der Waals surface area contributed by atoms with Crippen LogP contribution in [0.3, 0.4) is 0 Å². The van der Waals surface area contributed by atoms with Gasteiger partial charge in [0.2, 0.25) is 5.88 Å². The van der Waals surface area contributed by atoms with Crippen molar-refractivity contribution in [3.63, 3.8) is 0 Å². The van der Waals surface area contributed by atoms with Crippen LogP contribution in [-0.4, -0.2) is 23.6 Å². The van der Waals surface area contributed by atoms with E-state index in [4.69, 9.17) is 4.74 Å². The van der Waals surface area contributed by atoms with E-state index in [1.807, 2.05) is 13.0 Å². The van der Waals surface area contributed by atoms with Crippen LogP contribution >= 0.6 is 0 Å². The normalized spacial score (nSPS) is 14.6. The van der Waals surface area contributed by atoms with Crippen molar-refractivity contribution in [3.8, 4) is 5.88 Å². The highest BCUT2D eigenvalue weighted by Gasteiger charge is 2.05. The first kappa shape index (κ1) is 11.9. The largest absolute Gasteiger partial charge is 0.481 e. The molecule has 0 aliphatic heterocycles. The van der Waals surface area contributed by atoms with Gasteiger partial charge in [0.1, 0.15) is 11.6 Å². The van der Waals surface area contributed by atoms with Crippen LogP contribution in [-0.2, 0) is 0 Å². The first-order valence-electron chi connectivity index (χ1n) is 6.09. The van der Waals surface area contributed by atoms with Gasteiger partial charge in [-0.15, -0.1) is 0 Å². The summed E-state index contributed by atoms with van der Waals surface area (Å²) in [5.41, 5.74) is 1.57. The molecular formula is C13H19N3O. The average Bonchev–Trinajstić information content (AvgIpc) is 2.81. The molecule has 92 valence electrons. The molecule has 0 aromatic carbocycles. The Morgan fingerprint density at radius 2 is 2.29 bits per heavy atom. The van der Waals surface area contributed by atoms with Crippen LogP contribution in [0, 0.1) is 6.92 Å². The molecule has 4 heteroatoms. The highest BCUT2D eigenvalue weighted by Crippen LogP contribution is 2.20. The van der Waals surface area contributed by atoms with E-state index in [1.165, 1.54) is 19.3 Å². The lowest BCUT2D eigenvalue weighted by Gasteiger charge is -2.08. The molecule has 1 aromatic heterocycles. The van der Waals surface area contributed by atoms with E-state index in [0.717, 1.165) is 24.6 Å². The van der Waals surface area contributed by atoms with Gasteiger partial charge in [0.25, 0.3) is 0 Å². The molecule has 1 aliphatic rings. The predicted octanol–water partition coefficient (Wildman–Crippen LogP) is 2.71. The lowest BCUT2D eigenvalue weighted by Crippen LogP contribution is -2.06. The molecule has 2 rings (SSSR count). The van der Waals surface area contributed by atoms with Crippen molar-refractivity contribution >= 4 is 5.82 Å². The summed E-state index contributed by atoms with van der Waals surface area (Å²) in [6.45, 7) is 2.79. The third-order valence-electron chi connectivity index (χ3n) is 2.91. The van der Waals surface area contributed by atoms with Gasteiger partial charge in [0, 0.05) is 12.6 Å². The Kier molecular flexibility index (Phi) is 3.96. The number of aromatic nitrogens is 2. The van der Waals surface area contributed by atoms with Crippen molar-refractivity contribution in [2.75, 3.05) is 19.0 Å². The number of ether oxygens (including phenoxy) is 1. The molecule has 0 saturated heterocycles. The number of hydrogen-bond donors (Lipinski definition) is 1. The van der Waals surface area contributed by atoms with Gasteiger partial charge in [0.15, 0.2) is 0 Å². The fourth-order valence-corrected chi connectivity index (χ4v) is 2.05. The van der Waals surface area contributed by atoms with Crippen molar-refractivity contribution in [3.05, 3.63) is 23.5 Å². The molecule has 1 aromatic rings. The van der Waals surface area contributed by atoms with Gasteiger partial charge in [-0.3, -0.25) is 0 Å². The highest BCUT2D eigenvalue weighted by molar-refractivity contribution is 5.38. The number of aryl methyl sites for hydroxylation is 1. The molecule has 0 radical (unpaired) electrons. The summed E-state index contributed by atoms with van der Waals surface area (Å²) in [6.07, 6.45) is 7.28. The van der Waals surface area contributed by atoms with Crippen LogP contribution in [0.2, 0.25) is 0 Å². The van der Waals surface area contributed by atoms with E-state index in [9.17, 15) is 0 Å². The number of hydrogen-bond acceptors (Lipinski definition) is 4. The van der Waals surface area contributed by atoms with Crippen molar-refractivity contribution in [2.24, 2.45) is 0 Å². The average molecular weight is 233 g/mol. The summed E-state index contributed by atoms with van der Waals surface area (Å²) in [7, 11) is 1.62. The molecule has 0 saturated carbocycles. The van der Waals surface area contributed by atoms with Crippen LogP contribution in [0.25, 0.3) is 0 Å². The fraction of sp³-hybridized carbons (Fsp3) is 0.538. The zero-order chi connectivity index (χ0) is 12.1. The maximum absolute atomic E-state index is 5.11. The lowest BCUT2D eigenvalue weighted by molar-refractivity contribution is 0.396. The Labute approximate surface area is 102 Å². The summed E-state index contributed by atoms with van der Waals surface area (Å²) in [5, 5.41) is 3.32. The molecule has 1 aliphatic carbocycles. The molecule has 0 fully saturated rings. The predicted molar refractivity (Wildman–Crippen MR) is 68.4 cm³/mol. The van der Waals surface area contributed by atoms with Gasteiger partial charge in [-0.25, -0.2) is 4.98 Å². The summed E-state index contributed by atoms with van der Waals surface area (Å²) in [4.78, 5) is 8.48. The lowest BCUT2D eigenvalue weighted by atomic mass is 10.2. The van der Waals surface area contributed by atoms with Crippen molar-refractivity contribution in [1.82, 2.24) is 9.97 Å². The number of rotatable bonds is 5. The summed E-state index contributed by atoms with van der Waals surface area (Å²) in [6, 6.07) is 1.83. The van der Waals surface area contributed by atoms with Crippen LogP contribution < -0.4 is 10.1 Å². The Bertz CT molecular complexity index is 415. The zero-order valence-electron chi connectivity index (χ0n) is 10.5. The zero-order valence-corrected chi connectivity index (χ0v) is 10.5. The van der Waals surface area contributed by atoms with Crippen molar-refractivity contribution < 1.29 is 4.74 Å². The Balaban J connectivity index is 1.87. The molecule has 1 N–H and O–H groups in total. The van der Waals surface area contributed by atoms with Crippen molar-refractivity contribution in [2.45, 2.75) is 32.6 Å². The van der Waals surface area contributed by atoms with E-state index in [2.05, 4.69) is 21.4 Å². The van der Waals surface area contributed by atoms with E-state index >= 15 is 0 Å². The Morgan fingerprint density at radius 1 is 1.41 bits per heavy atom. The van der Waals surface area contributed by atoms with E-state index in [-0.39, 0.29) is 0 Å². The second-order valence-corrected chi connectivity index (χ2v) is 4.27. The van der Waals surface area contributed by atoms with E-state index < -0.39 is 0 Å². The number of anilines is 1. The molecule has 0 unspecified atom stereocenters. The molecule has 0 atom stereocenters. The molecule has 1 heterocycles. The first-order chi connectivity index (χ1) is 8.28. The summed E-state index contributed by atoms with van der Waals surface area (Å²) >= 11 is 0. The molecule has 0 spiro atoms. The van der Waals surface area contributed by atoms with Crippen LogP contribution in [0.4, 0.5) is 5.82 Å². The van der Waals surface area contributed by atoms with E-state index in [1.54, 1.807) is 12.7 Å². The minimum Gasteiger partial charge on any atom is -0.481 e. The number of nitrogens with zero attached hydrogens (tertiary/aromatic N) is 2. The second-order valence-electron chi connectivity index (χ2n) is 4.27.